The summed E-state index contributed by atoms with van der Waals surface area (Å²) in [6.07, 6.45) is 3.49. The van der Waals surface area contributed by atoms with Gasteiger partial charge in [0.05, 0.1) is 18.2 Å². The van der Waals surface area contributed by atoms with Crippen molar-refractivity contribution in [3.05, 3.63) is 29.8 Å². The number of amides is 1. The lowest BCUT2D eigenvalue weighted by Gasteiger charge is -2.20. The van der Waals surface area contributed by atoms with Crippen molar-refractivity contribution >= 4 is 11.6 Å². The molecule has 0 radical (unpaired) electrons. The zero-order valence-corrected chi connectivity index (χ0v) is 11.2. The van der Waals surface area contributed by atoms with E-state index in [1.165, 1.54) is 12.8 Å². The molecule has 1 aliphatic carbocycles. The van der Waals surface area contributed by atoms with E-state index in [1.807, 2.05) is 0 Å². The number of nitrogens with one attached hydrogen (secondary N) is 1. The van der Waals surface area contributed by atoms with Crippen LogP contribution in [0.4, 0.5) is 5.69 Å². The van der Waals surface area contributed by atoms with Crippen molar-refractivity contribution in [1.29, 1.82) is 5.26 Å². The highest BCUT2D eigenvalue weighted by molar-refractivity contribution is 5.92. The molecular formula is C15H19N3O. The summed E-state index contributed by atoms with van der Waals surface area (Å²) in [7, 11) is 0. The Morgan fingerprint density at radius 1 is 1.42 bits per heavy atom. The van der Waals surface area contributed by atoms with Crippen molar-refractivity contribution in [2.75, 3.05) is 18.4 Å². The standard InChI is InChI=1S/C15H19N3O/c1-2-9-18(14-7-8-14)11-15(19)17-13-5-3-12(10-16)4-6-13/h3-6,14H,2,7-9,11H2,1H3,(H,17,19). The van der Waals surface area contributed by atoms with Gasteiger partial charge in [-0.2, -0.15) is 5.26 Å². The molecule has 1 N–H and O–H groups in total. The van der Waals surface area contributed by atoms with E-state index in [9.17, 15) is 4.79 Å². The molecule has 4 nitrogen and oxygen atoms in total. The zero-order valence-electron chi connectivity index (χ0n) is 11.2. The summed E-state index contributed by atoms with van der Waals surface area (Å²) in [4.78, 5) is 14.2. The third kappa shape index (κ3) is 4.08. The maximum Gasteiger partial charge on any atom is 0.238 e. The van der Waals surface area contributed by atoms with Crippen LogP contribution >= 0.6 is 0 Å². The number of carbonyl (C=O) groups is 1. The Hall–Kier alpha value is -1.86. The molecule has 1 fully saturated rings. The first kappa shape index (κ1) is 13.6. The zero-order chi connectivity index (χ0) is 13.7. The van der Waals surface area contributed by atoms with Crippen LogP contribution in [0.3, 0.4) is 0 Å². The third-order valence-electron chi connectivity index (χ3n) is 3.22. The minimum absolute atomic E-state index is 0.0186. The monoisotopic (exact) mass is 257 g/mol. The average Bonchev–Trinajstić information content (AvgIpc) is 3.23. The Morgan fingerprint density at radius 2 is 2.11 bits per heavy atom. The number of nitrogens with zero attached hydrogens (tertiary/aromatic N) is 2. The Kier molecular flexibility index (Phi) is 4.53. The highest BCUT2D eigenvalue weighted by Crippen LogP contribution is 2.26. The Morgan fingerprint density at radius 3 is 2.63 bits per heavy atom. The van der Waals surface area contributed by atoms with Crippen LogP contribution in [0.25, 0.3) is 0 Å². The van der Waals surface area contributed by atoms with Crippen molar-refractivity contribution in [2.24, 2.45) is 0 Å². The highest BCUT2D eigenvalue weighted by Gasteiger charge is 2.29. The molecule has 0 atom stereocenters. The van der Waals surface area contributed by atoms with Crippen molar-refractivity contribution < 1.29 is 4.79 Å². The summed E-state index contributed by atoms with van der Waals surface area (Å²) >= 11 is 0. The topological polar surface area (TPSA) is 56.1 Å². The van der Waals surface area contributed by atoms with Crippen molar-refractivity contribution in [3.8, 4) is 6.07 Å². The molecule has 1 aromatic carbocycles. The van der Waals surface area contributed by atoms with Crippen molar-refractivity contribution in [1.82, 2.24) is 4.90 Å². The molecule has 2 rings (SSSR count). The smallest absolute Gasteiger partial charge is 0.238 e. The van der Waals surface area contributed by atoms with Crippen LogP contribution in [0.2, 0.25) is 0 Å². The van der Waals surface area contributed by atoms with Gasteiger partial charge < -0.3 is 5.32 Å². The van der Waals surface area contributed by atoms with Gasteiger partial charge in [-0.05, 0) is 50.1 Å². The lowest BCUT2D eigenvalue weighted by molar-refractivity contribution is -0.117. The molecule has 1 aromatic rings. The van der Waals surface area contributed by atoms with Gasteiger partial charge >= 0.3 is 0 Å². The Balaban J connectivity index is 1.87. The largest absolute Gasteiger partial charge is 0.325 e. The molecule has 0 bridgehead atoms. The quantitative estimate of drug-likeness (QED) is 0.851. The second-order valence-electron chi connectivity index (χ2n) is 4.94. The molecule has 100 valence electrons. The molecule has 0 aliphatic heterocycles. The number of carbonyl (C=O) groups excluding carboxylic acids is 1. The van der Waals surface area contributed by atoms with E-state index < -0.39 is 0 Å². The maximum atomic E-state index is 12.0. The molecule has 0 aromatic heterocycles. The maximum absolute atomic E-state index is 12.0. The summed E-state index contributed by atoms with van der Waals surface area (Å²) in [6.45, 7) is 3.57. The fraction of sp³-hybridized carbons (Fsp3) is 0.467. The summed E-state index contributed by atoms with van der Waals surface area (Å²) in [6, 6.07) is 9.60. The van der Waals surface area contributed by atoms with Crippen LogP contribution in [-0.2, 0) is 4.79 Å². The van der Waals surface area contributed by atoms with Gasteiger partial charge in [-0.3, -0.25) is 9.69 Å². The lowest BCUT2D eigenvalue weighted by Crippen LogP contribution is -2.35. The van der Waals surface area contributed by atoms with Crippen molar-refractivity contribution in [3.63, 3.8) is 0 Å². The first-order valence-electron chi connectivity index (χ1n) is 6.77. The van der Waals surface area contributed by atoms with E-state index in [0.717, 1.165) is 18.7 Å². The van der Waals surface area contributed by atoms with Crippen LogP contribution < -0.4 is 5.32 Å². The van der Waals surface area contributed by atoms with Gasteiger partial charge in [0.25, 0.3) is 0 Å². The molecule has 1 aliphatic rings. The summed E-state index contributed by atoms with van der Waals surface area (Å²) in [5.41, 5.74) is 1.35. The van der Waals surface area contributed by atoms with Crippen LogP contribution in [0.5, 0.6) is 0 Å². The van der Waals surface area contributed by atoms with Gasteiger partial charge in [0.15, 0.2) is 0 Å². The normalized spacial score (nSPS) is 14.2. The number of benzene rings is 1. The van der Waals surface area contributed by atoms with E-state index in [-0.39, 0.29) is 5.91 Å². The van der Waals surface area contributed by atoms with Crippen LogP contribution in [0.15, 0.2) is 24.3 Å². The fourth-order valence-corrected chi connectivity index (χ4v) is 2.13. The van der Waals surface area contributed by atoms with Gasteiger partial charge in [0.1, 0.15) is 0 Å². The second-order valence-corrected chi connectivity index (χ2v) is 4.94. The summed E-state index contributed by atoms with van der Waals surface area (Å²) < 4.78 is 0. The molecule has 0 unspecified atom stereocenters. The van der Waals surface area contributed by atoms with Crippen LogP contribution in [0, 0.1) is 11.3 Å². The molecule has 0 saturated heterocycles. The minimum atomic E-state index is 0.0186. The predicted octanol–water partition coefficient (Wildman–Crippen LogP) is 2.37. The average molecular weight is 257 g/mol. The van der Waals surface area contributed by atoms with E-state index in [1.54, 1.807) is 24.3 Å². The number of nitriles is 1. The first-order chi connectivity index (χ1) is 9.22. The molecular weight excluding hydrogens is 238 g/mol. The fourth-order valence-electron chi connectivity index (χ4n) is 2.13. The van der Waals surface area contributed by atoms with E-state index >= 15 is 0 Å². The number of rotatable bonds is 6. The predicted molar refractivity (Wildman–Crippen MR) is 74.7 cm³/mol. The second kappa shape index (κ2) is 6.35. The highest BCUT2D eigenvalue weighted by atomic mass is 16.2. The Labute approximate surface area is 114 Å². The number of hydrogen-bond acceptors (Lipinski definition) is 3. The first-order valence-corrected chi connectivity index (χ1v) is 6.77. The summed E-state index contributed by atoms with van der Waals surface area (Å²) in [5.74, 6) is 0.0186. The lowest BCUT2D eigenvalue weighted by atomic mass is 10.2. The van der Waals surface area contributed by atoms with Crippen LogP contribution in [-0.4, -0.2) is 29.9 Å². The molecule has 4 heteroatoms. The molecule has 0 heterocycles. The van der Waals surface area contributed by atoms with Gasteiger partial charge in [-0.25, -0.2) is 0 Å². The van der Waals surface area contributed by atoms with E-state index in [0.29, 0.717) is 18.2 Å². The number of anilines is 1. The molecule has 1 amide bonds. The minimum Gasteiger partial charge on any atom is -0.325 e. The van der Waals surface area contributed by atoms with E-state index in [4.69, 9.17) is 5.26 Å². The van der Waals surface area contributed by atoms with Crippen LogP contribution in [0.1, 0.15) is 31.7 Å². The molecule has 0 spiro atoms. The number of hydrogen-bond donors (Lipinski definition) is 1. The Bertz CT molecular complexity index is 471. The summed E-state index contributed by atoms with van der Waals surface area (Å²) in [5, 5.41) is 11.6. The SMILES string of the molecule is CCCN(CC(=O)Nc1ccc(C#N)cc1)C1CC1. The van der Waals surface area contributed by atoms with Gasteiger partial charge in [-0.15, -0.1) is 0 Å². The molecule has 1 saturated carbocycles. The van der Waals surface area contributed by atoms with Crippen molar-refractivity contribution in [2.45, 2.75) is 32.2 Å². The van der Waals surface area contributed by atoms with E-state index in [2.05, 4.69) is 23.2 Å². The van der Waals surface area contributed by atoms with Gasteiger partial charge in [0.2, 0.25) is 5.91 Å². The van der Waals surface area contributed by atoms with Gasteiger partial charge in [0, 0.05) is 11.7 Å². The van der Waals surface area contributed by atoms with Gasteiger partial charge in [-0.1, -0.05) is 6.92 Å². The molecule has 19 heavy (non-hydrogen) atoms. The third-order valence-corrected chi connectivity index (χ3v) is 3.22.